The Balaban J connectivity index is 1.57. The van der Waals surface area contributed by atoms with Crippen LogP contribution in [0.4, 0.5) is 5.69 Å². The summed E-state index contributed by atoms with van der Waals surface area (Å²) < 4.78 is 0. The van der Waals surface area contributed by atoms with E-state index in [1.54, 1.807) is 6.07 Å². The zero-order valence-electron chi connectivity index (χ0n) is 12.4. The number of hydrogen-bond donors (Lipinski definition) is 1. The molecule has 1 unspecified atom stereocenters. The second-order valence-electron chi connectivity index (χ2n) is 5.43. The van der Waals surface area contributed by atoms with Gasteiger partial charge < -0.3 is 10.2 Å². The van der Waals surface area contributed by atoms with E-state index in [9.17, 15) is 9.59 Å². The predicted octanol–water partition coefficient (Wildman–Crippen LogP) is 2.85. The van der Waals surface area contributed by atoms with Crippen molar-refractivity contribution >= 4 is 28.8 Å². The van der Waals surface area contributed by atoms with Crippen molar-refractivity contribution in [1.82, 2.24) is 5.32 Å². The number of thiophene rings is 1. The highest BCUT2D eigenvalue weighted by atomic mass is 32.1. The molecule has 3 rings (SSSR count). The van der Waals surface area contributed by atoms with Crippen molar-refractivity contribution in [3.8, 4) is 0 Å². The zero-order chi connectivity index (χ0) is 15.5. The smallest absolute Gasteiger partial charge is 0.261 e. The summed E-state index contributed by atoms with van der Waals surface area (Å²) in [6.45, 7) is 2.42. The van der Waals surface area contributed by atoms with Crippen LogP contribution in [0.2, 0.25) is 0 Å². The third-order valence-electron chi connectivity index (χ3n) is 3.85. The lowest BCUT2D eigenvalue weighted by Crippen LogP contribution is -2.38. The molecule has 0 spiro atoms. The van der Waals surface area contributed by atoms with Crippen molar-refractivity contribution in [3.05, 3.63) is 52.2 Å². The fourth-order valence-electron chi connectivity index (χ4n) is 2.84. The topological polar surface area (TPSA) is 49.4 Å². The van der Waals surface area contributed by atoms with Crippen LogP contribution in [0.25, 0.3) is 0 Å². The standard InChI is InChI=1S/C17H18N2O2S/c1-12-11-13-5-2-3-6-14(13)19(12)16(20)8-9-18-17(21)15-7-4-10-22-15/h2-7,10,12H,8-9,11H2,1H3,(H,18,21). The van der Waals surface area contributed by atoms with Gasteiger partial charge in [-0.2, -0.15) is 0 Å². The van der Waals surface area contributed by atoms with Gasteiger partial charge in [-0.15, -0.1) is 11.3 Å². The molecule has 0 bridgehead atoms. The molecular formula is C17H18N2O2S. The van der Waals surface area contributed by atoms with Gasteiger partial charge in [-0.25, -0.2) is 0 Å². The number of nitrogens with one attached hydrogen (secondary N) is 1. The molecular weight excluding hydrogens is 296 g/mol. The van der Waals surface area contributed by atoms with Crippen LogP contribution < -0.4 is 10.2 Å². The third-order valence-corrected chi connectivity index (χ3v) is 4.71. The number of hydrogen-bond acceptors (Lipinski definition) is 3. The van der Waals surface area contributed by atoms with Gasteiger partial charge in [-0.1, -0.05) is 24.3 Å². The SMILES string of the molecule is CC1Cc2ccccc2N1C(=O)CCNC(=O)c1cccs1. The molecule has 114 valence electrons. The van der Waals surface area contributed by atoms with E-state index in [4.69, 9.17) is 0 Å². The van der Waals surface area contributed by atoms with Gasteiger partial charge in [0.2, 0.25) is 5.91 Å². The average Bonchev–Trinajstić information content (AvgIpc) is 3.13. The second kappa shape index (κ2) is 6.32. The molecule has 1 aromatic heterocycles. The molecule has 2 heterocycles. The summed E-state index contributed by atoms with van der Waals surface area (Å²) in [6.07, 6.45) is 1.21. The van der Waals surface area contributed by atoms with Crippen LogP contribution in [-0.4, -0.2) is 24.4 Å². The Morgan fingerprint density at radius 1 is 1.27 bits per heavy atom. The molecule has 1 aromatic carbocycles. The Labute approximate surface area is 133 Å². The number of benzene rings is 1. The fourth-order valence-corrected chi connectivity index (χ4v) is 3.48. The highest BCUT2D eigenvalue weighted by molar-refractivity contribution is 7.12. The van der Waals surface area contributed by atoms with Crippen molar-refractivity contribution in [3.63, 3.8) is 0 Å². The first-order valence-corrected chi connectivity index (χ1v) is 8.26. The summed E-state index contributed by atoms with van der Waals surface area (Å²) in [4.78, 5) is 26.8. The number of nitrogens with zero attached hydrogens (tertiary/aromatic N) is 1. The minimum atomic E-state index is -0.113. The summed E-state index contributed by atoms with van der Waals surface area (Å²) in [5.74, 6) is -0.0541. The van der Waals surface area contributed by atoms with Crippen molar-refractivity contribution in [2.45, 2.75) is 25.8 Å². The maximum absolute atomic E-state index is 12.5. The molecule has 4 nitrogen and oxygen atoms in total. The minimum absolute atomic E-state index is 0.0592. The van der Waals surface area contributed by atoms with Crippen LogP contribution in [0.3, 0.4) is 0 Å². The number of carbonyl (C=O) groups is 2. The van der Waals surface area contributed by atoms with Crippen LogP contribution in [0.15, 0.2) is 41.8 Å². The van der Waals surface area contributed by atoms with E-state index in [0.29, 0.717) is 17.8 Å². The van der Waals surface area contributed by atoms with Crippen molar-refractivity contribution in [1.29, 1.82) is 0 Å². The van der Waals surface area contributed by atoms with Crippen molar-refractivity contribution in [2.24, 2.45) is 0 Å². The van der Waals surface area contributed by atoms with Gasteiger partial charge in [0.25, 0.3) is 5.91 Å². The molecule has 5 heteroatoms. The maximum atomic E-state index is 12.5. The maximum Gasteiger partial charge on any atom is 0.261 e. The first-order chi connectivity index (χ1) is 10.7. The lowest BCUT2D eigenvalue weighted by Gasteiger charge is -2.22. The Hall–Kier alpha value is -2.14. The zero-order valence-corrected chi connectivity index (χ0v) is 13.2. The Kier molecular flexibility index (Phi) is 4.24. The van der Waals surface area contributed by atoms with Gasteiger partial charge >= 0.3 is 0 Å². The molecule has 22 heavy (non-hydrogen) atoms. The van der Waals surface area contributed by atoms with E-state index in [2.05, 4.69) is 18.3 Å². The van der Waals surface area contributed by atoms with Gasteiger partial charge in [0.1, 0.15) is 0 Å². The molecule has 2 aromatic rings. The van der Waals surface area contributed by atoms with Crippen LogP contribution in [0.5, 0.6) is 0 Å². The minimum Gasteiger partial charge on any atom is -0.351 e. The van der Waals surface area contributed by atoms with Gasteiger partial charge in [0, 0.05) is 24.7 Å². The lowest BCUT2D eigenvalue weighted by atomic mass is 10.1. The molecule has 1 atom stereocenters. The molecule has 0 fully saturated rings. The number of amides is 2. The van der Waals surface area contributed by atoms with Crippen LogP contribution in [0, 0.1) is 0 Å². The van der Waals surface area contributed by atoms with E-state index < -0.39 is 0 Å². The van der Waals surface area contributed by atoms with Crippen LogP contribution in [0.1, 0.15) is 28.6 Å². The summed E-state index contributed by atoms with van der Waals surface area (Å²) in [5.41, 5.74) is 2.22. The third kappa shape index (κ3) is 2.90. The highest BCUT2D eigenvalue weighted by Gasteiger charge is 2.29. The quantitative estimate of drug-likeness (QED) is 0.943. The number of fused-ring (bicyclic) bond motifs is 1. The van der Waals surface area contributed by atoms with E-state index in [-0.39, 0.29) is 17.9 Å². The number of anilines is 1. The Morgan fingerprint density at radius 3 is 2.86 bits per heavy atom. The predicted molar refractivity (Wildman–Crippen MR) is 88.4 cm³/mol. The van der Waals surface area contributed by atoms with Gasteiger partial charge in [-0.3, -0.25) is 9.59 Å². The van der Waals surface area contributed by atoms with Crippen LogP contribution >= 0.6 is 11.3 Å². The largest absolute Gasteiger partial charge is 0.351 e. The lowest BCUT2D eigenvalue weighted by molar-refractivity contribution is -0.118. The molecule has 0 saturated heterocycles. The van der Waals surface area contributed by atoms with E-state index in [1.807, 2.05) is 34.5 Å². The monoisotopic (exact) mass is 314 g/mol. The first-order valence-electron chi connectivity index (χ1n) is 7.38. The molecule has 1 aliphatic rings. The second-order valence-corrected chi connectivity index (χ2v) is 6.38. The molecule has 1 aliphatic heterocycles. The Bertz CT molecular complexity index is 682. The summed E-state index contributed by atoms with van der Waals surface area (Å²) in [6, 6.07) is 11.8. The number of para-hydroxylation sites is 1. The molecule has 0 saturated carbocycles. The normalized spacial score (nSPS) is 16.4. The highest BCUT2D eigenvalue weighted by Crippen LogP contribution is 2.32. The van der Waals surface area contributed by atoms with Crippen molar-refractivity contribution < 1.29 is 9.59 Å². The fraction of sp³-hybridized carbons (Fsp3) is 0.294. The van der Waals surface area contributed by atoms with E-state index in [1.165, 1.54) is 16.9 Å². The Morgan fingerprint density at radius 2 is 2.09 bits per heavy atom. The molecule has 2 amide bonds. The summed E-state index contributed by atoms with van der Waals surface area (Å²) >= 11 is 1.40. The number of rotatable bonds is 4. The van der Waals surface area contributed by atoms with E-state index in [0.717, 1.165) is 12.1 Å². The van der Waals surface area contributed by atoms with Gasteiger partial charge in [0.15, 0.2) is 0 Å². The summed E-state index contributed by atoms with van der Waals surface area (Å²) in [5, 5.41) is 4.67. The van der Waals surface area contributed by atoms with E-state index >= 15 is 0 Å². The molecule has 0 radical (unpaired) electrons. The summed E-state index contributed by atoms with van der Waals surface area (Å²) in [7, 11) is 0. The first kappa shape index (κ1) is 14.8. The number of carbonyl (C=O) groups excluding carboxylic acids is 2. The average molecular weight is 314 g/mol. The molecule has 1 N–H and O–H groups in total. The van der Waals surface area contributed by atoms with Gasteiger partial charge in [0.05, 0.1) is 4.88 Å². The molecule has 0 aliphatic carbocycles. The van der Waals surface area contributed by atoms with Gasteiger partial charge in [-0.05, 0) is 36.4 Å². The van der Waals surface area contributed by atoms with Crippen molar-refractivity contribution in [2.75, 3.05) is 11.4 Å². The van der Waals surface area contributed by atoms with Crippen LogP contribution in [-0.2, 0) is 11.2 Å².